The summed E-state index contributed by atoms with van der Waals surface area (Å²) in [6, 6.07) is 0. The SMILES string of the molecule is CC/C=C\C/C=C\C/C=C\C/C=C\C/C=C\C/C=C\C/C=C\C/C=C\CCCCCCC(=O)OC(CO)COC(=O)CCCCCCCCC/C=C\C/C=C\CCCCCC. The molecule has 1 unspecified atom stereocenters. The summed E-state index contributed by atoms with van der Waals surface area (Å²) in [5.41, 5.74) is 0. The maximum Gasteiger partial charge on any atom is 0.306 e. The van der Waals surface area contributed by atoms with Crippen LogP contribution < -0.4 is 0 Å². The van der Waals surface area contributed by atoms with Crippen LogP contribution in [0.1, 0.15) is 200 Å². The lowest BCUT2D eigenvalue weighted by atomic mass is 10.1. The zero-order valence-corrected chi connectivity index (χ0v) is 39.1. The Morgan fingerprint density at radius 2 is 0.705 bits per heavy atom. The first-order valence-electron chi connectivity index (χ1n) is 24.6. The van der Waals surface area contributed by atoms with Crippen molar-refractivity contribution in [3.63, 3.8) is 0 Å². The Morgan fingerprint density at radius 1 is 0.393 bits per heavy atom. The van der Waals surface area contributed by atoms with Gasteiger partial charge in [0.05, 0.1) is 6.61 Å². The van der Waals surface area contributed by atoms with Gasteiger partial charge in [-0.2, -0.15) is 0 Å². The first-order valence-corrected chi connectivity index (χ1v) is 24.6. The maximum absolute atomic E-state index is 12.3. The van der Waals surface area contributed by atoms with Crippen LogP contribution in [-0.4, -0.2) is 36.4 Å². The molecule has 0 aromatic heterocycles. The second kappa shape index (κ2) is 50.7. The highest BCUT2D eigenvalue weighted by molar-refractivity contribution is 5.70. The van der Waals surface area contributed by atoms with Crippen LogP contribution in [0.4, 0.5) is 0 Å². The van der Waals surface area contributed by atoms with Gasteiger partial charge in [-0.05, 0) is 109 Å². The number of hydrogen-bond donors (Lipinski definition) is 1. The van der Waals surface area contributed by atoms with Crippen molar-refractivity contribution in [2.75, 3.05) is 13.2 Å². The standard InChI is InChI=1S/C56H90O5/c1-3-5-7-9-11-13-15-17-19-21-23-24-25-26-27-28-29-30-31-32-33-35-37-39-41-43-45-47-49-51-56(59)61-54(52-57)53-60-55(58)50-48-46-44-42-40-38-36-34-22-20-18-16-14-12-10-8-6-4-2/h5,7,11,13-14,16-17,19-20,22-24,26-27,29-30,32-33,37,39,54,57H,3-4,6,8-10,12,15,18,21,25,28,31,34-36,38,40-53H2,1-2H3/b7-5-,13-11-,16-14-,19-17-,22-20-,24-23-,27-26-,30-29-,33-32-,39-37-. The molecular formula is C56H90O5. The third kappa shape index (κ3) is 48.8. The van der Waals surface area contributed by atoms with Crippen LogP contribution in [0.5, 0.6) is 0 Å². The van der Waals surface area contributed by atoms with Crippen molar-refractivity contribution in [2.24, 2.45) is 0 Å². The Hall–Kier alpha value is -3.70. The highest BCUT2D eigenvalue weighted by Gasteiger charge is 2.16. The molecule has 0 spiro atoms. The molecule has 5 heteroatoms. The van der Waals surface area contributed by atoms with Crippen molar-refractivity contribution in [1.82, 2.24) is 0 Å². The van der Waals surface area contributed by atoms with Crippen LogP contribution in [0.25, 0.3) is 0 Å². The first kappa shape index (κ1) is 57.3. The van der Waals surface area contributed by atoms with Crippen LogP contribution in [0.3, 0.4) is 0 Å². The molecule has 0 bridgehead atoms. The largest absolute Gasteiger partial charge is 0.462 e. The van der Waals surface area contributed by atoms with E-state index in [-0.39, 0.29) is 25.2 Å². The molecule has 0 aliphatic rings. The zero-order chi connectivity index (χ0) is 44.2. The van der Waals surface area contributed by atoms with Crippen molar-refractivity contribution in [3.05, 3.63) is 122 Å². The number of carbonyl (C=O) groups excluding carboxylic acids is 2. The Balaban J connectivity index is 3.67. The third-order valence-electron chi connectivity index (χ3n) is 9.99. The number of hydrogen-bond acceptors (Lipinski definition) is 5. The molecule has 61 heavy (non-hydrogen) atoms. The molecule has 1 N–H and O–H groups in total. The van der Waals surface area contributed by atoms with Crippen molar-refractivity contribution in [1.29, 1.82) is 0 Å². The van der Waals surface area contributed by atoms with Gasteiger partial charge in [0.1, 0.15) is 6.61 Å². The molecular weight excluding hydrogens is 753 g/mol. The maximum atomic E-state index is 12.3. The van der Waals surface area contributed by atoms with E-state index in [1.165, 1.54) is 57.8 Å². The van der Waals surface area contributed by atoms with Gasteiger partial charge in [-0.1, -0.05) is 200 Å². The average Bonchev–Trinajstić information content (AvgIpc) is 3.26. The summed E-state index contributed by atoms with van der Waals surface area (Å²) in [5.74, 6) is -0.638. The van der Waals surface area contributed by atoms with Gasteiger partial charge in [-0.25, -0.2) is 0 Å². The molecule has 5 nitrogen and oxygen atoms in total. The average molecular weight is 843 g/mol. The molecule has 344 valence electrons. The Kier molecular flexibility index (Phi) is 47.6. The van der Waals surface area contributed by atoms with E-state index < -0.39 is 6.10 Å². The Bertz CT molecular complexity index is 1270. The fourth-order valence-corrected chi connectivity index (χ4v) is 6.30. The van der Waals surface area contributed by atoms with Gasteiger partial charge in [0.15, 0.2) is 6.10 Å². The van der Waals surface area contributed by atoms with Gasteiger partial charge in [-0.3, -0.25) is 9.59 Å². The zero-order valence-electron chi connectivity index (χ0n) is 39.1. The molecule has 0 aromatic carbocycles. The fraction of sp³-hybridized carbons (Fsp3) is 0.607. The quantitative estimate of drug-likeness (QED) is 0.0376. The highest BCUT2D eigenvalue weighted by atomic mass is 16.6. The summed E-state index contributed by atoms with van der Waals surface area (Å²) >= 11 is 0. The first-order chi connectivity index (χ1) is 30.1. The summed E-state index contributed by atoms with van der Waals surface area (Å²) in [7, 11) is 0. The van der Waals surface area contributed by atoms with Gasteiger partial charge in [0, 0.05) is 12.8 Å². The van der Waals surface area contributed by atoms with Crippen LogP contribution in [0.2, 0.25) is 0 Å². The second-order valence-electron chi connectivity index (χ2n) is 15.8. The molecule has 0 heterocycles. The number of unbranched alkanes of at least 4 members (excludes halogenated alkanes) is 15. The van der Waals surface area contributed by atoms with Gasteiger partial charge >= 0.3 is 11.9 Å². The third-order valence-corrected chi connectivity index (χ3v) is 9.99. The number of aliphatic hydroxyl groups excluding tert-OH is 1. The lowest BCUT2D eigenvalue weighted by Crippen LogP contribution is -2.28. The number of ether oxygens (including phenoxy) is 2. The molecule has 0 aromatic rings. The van der Waals surface area contributed by atoms with E-state index in [1.807, 2.05) is 0 Å². The van der Waals surface area contributed by atoms with Crippen molar-refractivity contribution >= 4 is 11.9 Å². The Labute approximate surface area is 375 Å². The van der Waals surface area contributed by atoms with E-state index in [0.29, 0.717) is 12.8 Å². The van der Waals surface area contributed by atoms with E-state index >= 15 is 0 Å². The van der Waals surface area contributed by atoms with E-state index in [4.69, 9.17) is 9.47 Å². The molecule has 0 radical (unpaired) electrons. The summed E-state index contributed by atoms with van der Waals surface area (Å²) in [6.07, 6.45) is 74.2. The van der Waals surface area contributed by atoms with Crippen LogP contribution in [0, 0.1) is 0 Å². The van der Waals surface area contributed by atoms with Crippen molar-refractivity contribution < 1.29 is 24.2 Å². The van der Waals surface area contributed by atoms with Crippen molar-refractivity contribution in [3.8, 4) is 0 Å². The Morgan fingerprint density at radius 3 is 1.07 bits per heavy atom. The molecule has 0 saturated carbocycles. The molecule has 0 rings (SSSR count). The number of aliphatic hydroxyl groups is 1. The summed E-state index contributed by atoms with van der Waals surface area (Å²) in [6.45, 7) is 3.97. The summed E-state index contributed by atoms with van der Waals surface area (Å²) < 4.78 is 10.6. The molecule has 0 saturated heterocycles. The van der Waals surface area contributed by atoms with Crippen LogP contribution in [0.15, 0.2) is 122 Å². The smallest absolute Gasteiger partial charge is 0.306 e. The molecule has 0 aliphatic heterocycles. The minimum absolute atomic E-state index is 0.0884. The van der Waals surface area contributed by atoms with Crippen molar-refractivity contribution in [2.45, 2.75) is 206 Å². The number of esters is 2. The van der Waals surface area contributed by atoms with Gasteiger partial charge in [0.25, 0.3) is 0 Å². The normalized spacial score (nSPS) is 13.3. The second-order valence-corrected chi connectivity index (χ2v) is 15.8. The van der Waals surface area contributed by atoms with Crippen LogP contribution >= 0.6 is 0 Å². The molecule has 1 atom stereocenters. The number of rotatable bonds is 43. The predicted molar refractivity (Wildman–Crippen MR) is 265 cm³/mol. The summed E-state index contributed by atoms with van der Waals surface area (Å²) in [4.78, 5) is 24.4. The summed E-state index contributed by atoms with van der Waals surface area (Å²) in [5, 5.41) is 9.61. The van der Waals surface area contributed by atoms with E-state index in [9.17, 15) is 14.7 Å². The fourth-order valence-electron chi connectivity index (χ4n) is 6.30. The highest BCUT2D eigenvalue weighted by Crippen LogP contribution is 2.12. The van der Waals surface area contributed by atoms with Crippen LogP contribution in [-0.2, 0) is 19.1 Å². The van der Waals surface area contributed by atoms with E-state index in [0.717, 1.165) is 116 Å². The van der Waals surface area contributed by atoms with Gasteiger partial charge < -0.3 is 14.6 Å². The minimum Gasteiger partial charge on any atom is -0.462 e. The molecule has 0 amide bonds. The van der Waals surface area contributed by atoms with E-state index in [1.54, 1.807) is 0 Å². The van der Waals surface area contributed by atoms with Gasteiger partial charge in [-0.15, -0.1) is 0 Å². The topological polar surface area (TPSA) is 72.8 Å². The van der Waals surface area contributed by atoms with E-state index in [2.05, 4.69) is 135 Å². The lowest BCUT2D eigenvalue weighted by molar-refractivity contribution is -0.161. The monoisotopic (exact) mass is 843 g/mol. The molecule has 0 aliphatic carbocycles. The van der Waals surface area contributed by atoms with Gasteiger partial charge in [0.2, 0.25) is 0 Å². The minimum atomic E-state index is -0.798. The number of allylic oxidation sites excluding steroid dienone is 20. The predicted octanol–water partition coefficient (Wildman–Crippen LogP) is 16.3. The number of carbonyl (C=O) groups is 2. The molecule has 0 fully saturated rings. The lowest BCUT2D eigenvalue weighted by Gasteiger charge is -2.15.